The Morgan fingerprint density at radius 1 is 1.10 bits per heavy atom. The number of ether oxygens (including phenoxy) is 2. The van der Waals surface area contributed by atoms with Gasteiger partial charge in [0.25, 0.3) is 5.91 Å². The summed E-state index contributed by atoms with van der Waals surface area (Å²) in [4.78, 5) is 18.1. The lowest BCUT2D eigenvalue weighted by Crippen LogP contribution is -2.16. The number of amides is 1. The number of fused-ring (bicyclic) bond motifs is 2. The molecule has 0 aliphatic rings. The lowest BCUT2D eigenvalue weighted by Gasteiger charge is -2.08. The van der Waals surface area contributed by atoms with Gasteiger partial charge in [0.2, 0.25) is 0 Å². The molecule has 0 radical (unpaired) electrons. The van der Waals surface area contributed by atoms with E-state index < -0.39 is 0 Å². The fourth-order valence-electron chi connectivity index (χ4n) is 3.35. The Kier molecular flexibility index (Phi) is 5.18. The molecule has 1 aromatic heterocycles. The summed E-state index contributed by atoms with van der Waals surface area (Å²) < 4.78 is 13.7. The van der Waals surface area contributed by atoms with Crippen molar-refractivity contribution in [1.29, 1.82) is 0 Å². The van der Waals surface area contributed by atoms with Crippen LogP contribution in [0.5, 0.6) is 11.5 Å². The van der Waals surface area contributed by atoms with Gasteiger partial charge in [-0.2, -0.15) is 4.99 Å². The minimum absolute atomic E-state index is 0.273. The average Bonchev–Trinajstić information content (AvgIpc) is 3.08. The molecule has 0 N–H and O–H groups in total. The zero-order chi connectivity index (χ0) is 20.4. The number of thiazole rings is 1. The van der Waals surface area contributed by atoms with Gasteiger partial charge in [-0.1, -0.05) is 53.8 Å². The van der Waals surface area contributed by atoms with Crippen LogP contribution < -0.4 is 14.3 Å². The Labute approximate surface area is 172 Å². The van der Waals surface area contributed by atoms with Crippen molar-refractivity contribution >= 4 is 38.2 Å². The van der Waals surface area contributed by atoms with Crippen LogP contribution in [-0.4, -0.2) is 24.7 Å². The van der Waals surface area contributed by atoms with E-state index in [0.29, 0.717) is 28.4 Å². The molecule has 1 heterocycles. The van der Waals surface area contributed by atoms with Gasteiger partial charge in [-0.25, -0.2) is 0 Å². The molecule has 0 atom stereocenters. The number of hydrogen-bond acceptors (Lipinski definition) is 4. The monoisotopic (exact) mass is 404 g/mol. The SMILES string of the molecule is C=CCn1c(=NC(=O)c2cccc3ccccc23)sc2cc(OC)c(OC)cc21. The molecule has 0 bridgehead atoms. The first kappa shape index (κ1) is 19.0. The van der Waals surface area contributed by atoms with E-state index in [9.17, 15) is 4.79 Å². The third kappa shape index (κ3) is 3.43. The van der Waals surface area contributed by atoms with Gasteiger partial charge in [0.15, 0.2) is 16.3 Å². The first-order valence-corrected chi connectivity index (χ1v) is 9.91. The van der Waals surface area contributed by atoms with Crippen molar-refractivity contribution in [3.8, 4) is 11.5 Å². The van der Waals surface area contributed by atoms with Crippen LogP contribution >= 0.6 is 11.3 Å². The minimum atomic E-state index is -0.273. The highest BCUT2D eigenvalue weighted by atomic mass is 32.1. The first-order valence-electron chi connectivity index (χ1n) is 9.09. The summed E-state index contributed by atoms with van der Waals surface area (Å²) in [7, 11) is 3.20. The summed E-state index contributed by atoms with van der Waals surface area (Å²) in [6.07, 6.45) is 1.78. The summed E-state index contributed by atoms with van der Waals surface area (Å²) in [6, 6.07) is 17.3. The molecule has 146 valence electrons. The maximum Gasteiger partial charge on any atom is 0.280 e. The summed E-state index contributed by atoms with van der Waals surface area (Å²) >= 11 is 1.43. The zero-order valence-corrected chi connectivity index (χ0v) is 17.0. The molecule has 5 nitrogen and oxygen atoms in total. The number of aromatic nitrogens is 1. The highest BCUT2D eigenvalue weighted by Crippen LogP contribution is 2.33. The molecule has 0 aliphatic carbocycles. The summed E-state index contributed by atoms with van der Waals surface area (Å²) in [6.45, 7) is 4.36. The predicted octanol–water partition coefficient (Wildman–Crippen LogP) is 4.80. The Morgan fingerprint density at radius 3 is 2.59 bits per heavy atom. The fourth-order valence-corrected chi connectivity index (χ4v) is 4.39. The maximum atomic E-state index is 13.1. The van der Waals surface area contributed by atoms with Gasteiger partial charge in [-0.05, 0) is 16.8 Å². The van der Waals surface area contributed by atoms with Gasteiger partial charge in [0.1, 0.15) is 0 Å². The zero-order valence-electron chi connectivity index (χ0n) is 16.2. The number of carbonyl (C=O) groups excluding carboxylic acids is 1. The van der Waals surface area contributed by atoms with Gasteiger partial charge in [0.05, 0.1) is 24.4 Å². The van der Waals surface area contributed by atoms with Crippen LogP contribution in [0.3, 0.4) is 0 Å². The topological polar surface area (TPSA) is 52.8 Å². The van der Waals surface area contributed by atoms with Gasteiger partial charge in [-0.3, -0.25) is 4.79 Å². The van der Waals surface area contributed by atoms with E-state index in [1.807, 2.05) is 59.2 Å². The molecule has 0 unspecified atom stereocenters. The van der Waals surface area contributed by atoms with E-state index >= 15 is 0 Å². The van der Waals surface area contributed by atoms with E-state index in [1.54, 1.807) is 20.3 Å². The minimum Gasteiger partial charge on any atom is -0.493 e. The average molecular weight is 404 g/mol. The third-order valence-corrected chi connectivity index (χ3v) is 5.76. The van der Waals surface area contributed by atoms with Crippen LogP contribution in [0.2, 0.25) is 0 Å². The number of methoxy groups -OCH3 is 2. The molecule has 6 heteroatoms. The molecule has 0 saturated carbocycles. The van der Waals surface area contributed by atoms with Crippen molar-refractivity contribution in [3.63, 3.8) is 0 Å². The van der Waals surface area contributed by atoms with E-state index in [-0.39, 0.29) is 5.91 Å². The number of allylic oxidation sites excluding steroid dienone is 1. The van der Waals surface area contributed by atoms with Crippen molar-refractivity contribution in [1.82, 2.24) is 4.57 Å². The van der Waals surface area contributed by atoms with Crippen molar-refractivity contribution < 1.29 is 14.3 Å². The molecular weight excluding hydrogens is 384 g/mol. The van der Waals surface area contributed by atoms with Crippen molar-refractivity contribution in [3.05, 3.63) is 77.6 Å². The Morgan fingerprint density at radius 2 is 1.83 bits per heavy atom. The fraction of sp³-hybridized carbons (Fsp3) is 0.130. The second kappa shape index (κ2) is 7.93. The Balaban J connectivity index is 1.92. The Hall–Kier alpha value is -3.38. The summed E-state index contributed by atoms with van der Waals surface area (Å²) in [5.41, 5.74) is 1.50. The van der Waals surface area contributed by atoms with Crippen molar-refractivity contribution in [2.75, 3.05) is 14.2 Å². The van der Waals surface area contributed by atoms with Crippen LogP contribution in [0.1, 0.15) is 10.4 Å². The van der Waals surface area contributed by atoms with Gasteiger partial charge in [0, 0.05) is 24.2 Å². The maximum absolute atomic E-state index is 13.1. The standard InChI is InChI=1S/C23H20N2O3S/c1-4-12-25-18-13-19(27-2)20(28-3)14-21(18)29-23(25)24-22(26)17-11-7-9-15-8-5-6-10-16(15)17/h4-11,13-14H,1,12H2,2-3H3. The molecule has 1 amide bonds. The van der Waals surface area contributed by atoms with Crippen LogP contribution in [0, 0.1) is 0 Å². The van der Waals surface area contributed by atoms with Crippen LogP contribution in [0.25, 0.3) is 21.0 Å². The van der Waals surface area contributed by atoms with E-state index in [4.69, 9.17) is 9.47 Å². The molecular formula is C23H20N2O3S. The number of benzene rings is 3. The number of rotatable bonds is 5. The largest absolute Gasteiger partial charge is 0.493 e. The first-order chi connectivity index (χ1) is 14.2. The van der Waals surface area contributed by atoms with Crippen molar-refractivity contribution in [2.24, 2.45) is 4.99 Å². The van der Waals surface area contributed by atoms with Gasteiger partial charge < -0.3 is 14.0 Å². The van der Waals surface area contributed by atoms with E-state index in [2.05, 4.69) is 11.6 Å². The van der Waals surface area contributed by atoms with Crippen LogP contribution in [-0.2, 0) is 6.54 Å². The quantitative estimate of drug-likeness (QED) is 0.449. The predicted molar refractivity (Wildman–Crippen MR) is 117 cm³/mol. The van der Waals surface area contributed by atoms with Crippen LogP contribution in [0.4, 0.5) is 0 Å². The van der Waals surface area contributed by atoms with Gasteiger partial charge in [-0.15, -0.1) is 6.58 Å². The van der Waals surface area contributed by atoms with E-state index in [0.717, 1.165) is 21.0 Å². The summed E-state index contributed by atoms with van der Waals surface area (Å²) in [5.74, 6) is 0.992. The lowest BCUT2D eigenvalue weighted by molar-refractivity contribution is 0.0999. The van der Waals surface area contributed by atoms with Crippen LogP contribution in [0.15, 0.2) is 72.2 Å². The number of carbonyl (C=O) groups is 1. The molecule has 0 aliphatic heterocycles. The molecule has 0 spiro atoms. The normalized spacial score (nSPS) is 11.7. The third-order valence-electron chi connectivity index (χ3n) is 4.72. The molecule has 29 heavy (non-hydrogen) atoms. The molecule has 4 rings (SSSR count). The smallest absolute Gasteiger partial charge is 0.280 e. The lowest BCUT2D eigenvalue weighted by atomic mass is 10.0. The summed E-state index contributed by atoms with van der Waals surface area (Å²) in [5, 5.41) is 1.90. The highest BCUT2D eigenvalue weighted by molar-refractivity contribution is 7.16. The van der Waals surface area contributed by atoms with E-state index in [1.165, 1.54) is 11.3 Å². The molecule has 3 aromatic carbocycles. The molecule has 0 saturated heterocycles. The second-order valence-corrected chi connectivity index (χ2v) is 7.41. The van der Waals surface area contributed by atoms with Crippen molar-refractivity contribution in [2.45, 2.75) is 6.54 Å². The van der Waals surface area contributed by atoms with Gasteiger partial charge >= 0.3 is 0 Å². The molecule has 0 fully saturated rings. The number of nitrogens with zero attached hydrogens (tertiary/aromatic N) is 2. The highest BCUT2D eigenvalue weighted by Gasteiger charge is 2.14. The molecule has 4 aromatic rings. The Bertz CT molecular complexity index is 1300. The second-order valence-electron chi connectivity index (χ2n) is 6.40. The number of hydrogen-bond donors (Lipinski definition) is 0.